The Hall–Kier alpha value is -0.240. The number of rotatable bonds is 1. The van der Waals surface area contributed by atoms with Crippen molar-refractivity contribution in [3.63, 3.8) is 0 Å². The molecule has 0 bridgehead atoms. The molecule has 0 spiro atoms. The highest BCUT2D eigenvalue weighted by atomic mass is 32.2. The van der Waals surface area contributed by atoms with Gasteiger partial charge in [0.15, 0.2) is 0 Å². The third kappa shape index (κ3) is 1.86. The maximum Gasteiger partial charge on any atom is 0.100 e. The molecule has 0 aromatic heterocycles. The first-order valence-corrected chi connectivity index (χ1v) is 4.14. The predicted octanol–water partition coefficient (Wildman–Crippen LogP) is 2.88. The van der Waals surface area contributed by atoms with Crippen LogP contribution in [0.3, 0.4) is 0 Å². The Morgan fingerprint density at radius 3 is 2.67 bits per heavy atom. The molecule has 2 heteroatoms. The Labute approximate surface area is 58.8 Å². The lowest BCUT2D eigenvalue weighted by atomic mass is 10.2. The van der Waals surface area contributed by atoms with E-state index in [0.717, 1.165) is 6.42 Å². The fraction of sp³-hybridized carbons (Fsp3) is 0.429. The van der Waals surface area contributed by atoms with Crippen LogP contribution >= 0.6 is 11.8 Å². The fourth-order valence-corrected chi connectivity index (χ4v) is 1.27. The van der Waals surface area contributed by atoms with Crippen molar-refractivity contribution in [1.29, 1.82) is 0 Å². The van der Waals surface area contributed by atoms with E-state index < -0.39 is 0 Å². The number of hydrogen-bond donors (Lipinski definition) is 0. The van der Waals surface area contributed by atoms with Gasteiger partial charge in [0, 0.05) is 6.42 Å². The Morgan fingerprint density at radius 1 is 1.44 bits per heavy atom. The number of hydrogen-bond acceptors (Lipinski definition) is 1. The smallest absolute Gasteiger partial charge is 0.100 e. The molecule has 0 nitrogen and oxygen atoms in total. The van der Waals surface area contributed by atoms with Crippen LogP contribution < -0.4 is 0 Å². The van der Waals surface area contributed by atoms with Crippen LogP contribution in [0.25, 0.3) is 0 Å². The first-order chi connectivity index (χ1) is 4.33. The van der Waals surface area contributed by atoms with Crippen molar-refractivity contribution in [2.45, 2.75) is 12.8 Å². The zero-order valence-corrected chi connectivity index (χ0v) is 6.17. The van der Waals surface area contributed by atoms with Crippen LogP contribution in [-0.4, -0.2) is 6.26 Å². The summed E-state index contributed by atoms with van der Waals surface area (Å²) in [5.74, 6) is 0.00722. The minimum absolute atomic E-state index is 0.00722. The molecule has 0 atom stereocenters. The van der Waals surface area contributed by atoms with E-state index in [1.165, 1.54) is 4.91 Å². The summed E-state index contributed by atoms with van der Waals surface area (Å²) >= 11 is 1.70. The monoisotopic (exact) mass is 144 g/mol. The van der Waals surface area contributed by atoms with Crippen molar-refractivity contribution in [3.05, 3.63) is 22.9 Å². The SMILES string of the molecule is CSC1=CC=C(F)CC1. The van der Waals surface area contributed by atoms with Gasteiger partial charge in [-0.05, 0) is 23.7 Å². The molecule has 0 aromatic carbocycles. The minimum atomic E-state index is 0.00722. The molecule has 1 aliphatic rings. The van der Waals surface area contributed by atoms with Gasteiger partial charge in [-0.2, -0.15) is 0 Å². The molecule has 0 saturated carbocycles. The average molecular weight is 144 g/mol. The summed E-state index contributed by atoms with van der Waals surface area (Å²) in [4.78, 5) is 1.27. The summed E-state index contributed by atoms with van der Waals surface area (Å²) in [7, 11) is 0. The lowest BCUT2D eigenvalue weighted by molar-refractivity contribution is 0.586. The summed E-state index contributed by atoms with van der Waals surface area (Å²) in [6.45, 7) is 0. The largest absolute Gasteiger partial charge is 0.212 e. The number of thioether (sulfide) groups is 1. The van der Waals surface area contributed by atoms with Gasteiger partial charge in [0.1, 0.15) is 5.83 Å². The van der Waals surface area contributed by atoms with Crippen LogP contribution in [0.2, 0.25) is 0 Å². The first kappa shape index (κ1) is 6.87. The Bertz CT molecular complexity index is 158. The molecule has 0 radical (unpaired) electrons. The van der Waals surface area contributed by atoms with Gasteiger partial charge in [0.2, 0.25) is 0 Å². The van der Waals surface area contributed by atoms with E-state index >= 15 is 0 Å². The lowest BCUT2D eigenvalue weighted by Crippen LogP contribution is -1.84. The minimum Gasteiger partial charge on any atom is -0.212 e. The number of allylic oxidation sites excluding steroid dienone is 4. The standard InChI is InChI=1S/C7H9FS/c1-9-7-4-2-6(8)3-5-7/h2,4H,3,5H2,1H3. The van der Waals surface area contributed by atoms with E-state index in [1.54, 1.807) is 17.8 Å². The van der Waals surface area contributed by atoms with E-state index in [1.807, 2.05) is 12.3 Å². The van der Waals surface area contributed by atoms with Crippen LogP contribution in [0.5, 0.6) is 0 Å². The van der Waals surface area contributed by atoms with Crippen molar-refractivity contribution in [1.82, 2.24) is 0 Å². The van der Waals surface area contributed by atoms with Gasteiger partial charge in [-0.25, -0.2) is 4.39 Å². The third-order valence-electron chi connectivity index (χ3n) is 1.32. The van der Waals surface area contributed by atoms with E-state index in [0.29, 0.717) is 6.42 Å². The fourth-order valence-electron chi connectivity index (χ4n) is 0.763. The molecule has 0 heterocycles. The quantitative estimate of drug-likeness (QED) is 0.545. The first-order valence-electron chi connectivity index (χ1n) is 2.92. The maximum atomic E-state index is 12.3. The summed E-state index contributed by atoms with van der Waals surface area (Å²) < 4.78 is 12.3. The van der Waals surface area contributed by atoms with Crippen molar-refractivity contribution < 1.29 is 4.39 Å². The summed E-state index contributed by atoms with van der Waals surface area (Å²) in [6, 6.07) is 0. The second kappa shape index (κ2) is 3.06. The van der Waals surface area contributed by atoms with Crippen molar-refractivity contribution in [2.24, 2.45) is 0 Å². The van der Waals surface area contributed by atoms with E-state index in [-0.39, 0.29) is 5.83 Å². The van der Waals surface area contributed by atoms with Crippen molar-refractivity contribution >= 4 is 11.8 Å². The van der Waals surface area contributed by atoms with E-state index in [9.17, 15) is 4.39 Å². The summed E-state index contributed by atoms with van der Waals surface area (Å²) in [6.07, 6.45) is 6.89. The van der Waals surface area contributed by atoms with Crippen LogP contribution in [0.4, 0.5) is 4.39 Å². The van der Waals surface area contributed by atoms with Crippen LogP contribution in [-0.2, 0) is 0 Å². The summed E-state index contributed by atoms with van der Waals surface area (Å²) in [5.41, 5.74) is 0. The highest BCUT2D eigenvalue weighted by Gasteiger charge is 2.02. The molecule has 50 valence electrons. The lowest BCUT2D eigenvalue weighted by Gasteiger charge is -2.05. The number of halogens is 1. The average Bonchev–Trinajstić information content (AvgIpc) is 1.90. The third-order valence-corrected chi connectivity index (χ3v) is 2.19. The van der Waals surface area contributed by atoms with Gasteiger partial charge in [-0.1, -0.05) is 6.08 Å². The van der Waals surface area contributed by atoms with Crippen molar-refractivity contribution in [3.8, 4) is 0 Å². The molecular weight excluding hydrogens is 135 g/mol. The second-order valence-electron chi connectivity index (χ2n) is 1.95. The molecular formula is C7H9FS. The zero-order valence-electron chi connectivity index (χ0n) is 5.36. The Balaban J connectivity index is 2.59. The molecule has 1 aliphatic carbocycles. The second-order valence-corrected chi connectivity index (χ2v) is 2.88. The zero-order chi connectivity index (χ0) is 6.69. The molecule has 0 amide bonds. The van der Waals surface area contributed by atoms with Gasteiger partial charge in [0.25, 0.3) is 0 Å². The van der Waals surface area contributed by atoms with E-state index in [4.69, 9.17) is 0 Å². The Morgan fingerprint density at radius 2 is 2.22 bits per heavy atom. The molecule has 9 heavy (non-hydrogen) atoms. The van der Waals surface area contributed by atoms with Gasteiger partial charge in [-0.15, -0.1) is 11.8 Å². The van der Waals surface area contributed by atoms with Crippen molar-refractivity contribution in [2.75, 3.05) is 6.26 Å². The van der Waals surface area contributed by atoms with Gasteiger partial charge < -0.3 is 0 Å². The molecule has 0 saturated heterocycles. The molecule has 0 aliphatic heterocycles. The molecule has 0 N–H and O–H groups in total. The summed E-state index contributed by atoms with van der Waals surface area (Å²) in [5, 5.41) is 0. The topological polar surface area (TPSA) is 0 Å². The van der Waals surface area contributed by atoms with Crippen LogP contribution in [0, 0.1) is 0 Å². The highest BCUT2D eigenvalue weighted by Crippen LogP contribution is 2.25. The normalized spacial score (nSPS) is 18.9. The van der Waals surface area contributed by atoms with Gasteiger partial charge in [-0.3, -0.25) is 0 Å². The molecule has 0 unspecified atom stereocenters. The Kier molecular flexibility index (Phi) is 2.34. The van der Waals surface area contributed by atoms with Gasteiger partial charge in [0.05, 0.1) is 0 Å². The van der Waals surface area contributed by atoms with Gasteiger partial charge >= 0.3 is 0 Å². The molecule has 0 aromatic rings. The predicted molar refractivity (Wildman–Crippen MR) is 40.0 cm³/mol. The molecule has 0 fully saturated rings. The molecule has 1 rings (SSSR count). The van der Waals surface area contributed by atoms with Crippen LogP contribution in [0.15, 0.2) is 22.9 Å². The maximum absolute atomic E-state index is 12.3. The highest BCUT2D eigenvalue weighted by molar-refractivity contribution is 8.02. The van der Waals surface area contributed by atoms with Crippen LogP contribution in [0.1, 0.15) is 12.8 Å². The van der Waals surface area contributed by atoms with E-state index in [2.05, 4.69) is 0 Å².